The zero-order chi connectivity index (χ0) is 15.0. The van der Waals surface area contributed by atoms with Gasteiger partial charge in [0.2, 0.25) is 0 Å². The SMILES string of the molecule is c1ccc(NCc2ccccc2CN2CCCCCC2)nc1. The summed E-state index contributed by atoms with van der Waals surface area (Å²) < 4.78 is 0. The van der Waals surface area contributed by atoms with Gasteiger partial charge in [-0.1, -0.05) is 43.2 Å². The average molecular weight is 295 g/mol. The molecule has 1 fully saturated rings. The van der Waals surface area contributed by atoms with Crippen molar-refractivity contribution in [3.8, 4) is 0 Å². The molecular weight excluding hydrogens is 270 g/mol. The highest BCUT2D eigenvalue weighted by atomic mass is 15.1. The largest absolute Gasteiger partial charge is 0.366 e. The highest BCUT2D eigenvalue weighted by Gasteiger charge is 2.11. The van der Waals surface area contributed by atoms with Gasteiger partial charge < -0.3 is 5.32 Å². The van der Waals surface area contributed by atoms with Gasteiger partial charge in [0.1, 0.15) is 5.82 Å². The molecule has 0 saturated carbocycles. The Morgan fingerprint density at radius 1 is 0.864 bits per heavy atom. The van der Waals surface area contributed by atoms with E-state index in [-0.39, 0.29) is 0 Å². The number of aromatic nitrogens is 1. The van der Waals surface area contributed by atoms with Crippen LogP contribution < -0.4 is 5.32 Å². The Bertz CT molecular complexity index is 560. The Labute approximate surface area is 133 Å². The number of hydrogen-bond donors (Lipinski definition) is 1. The lowest BCUT2D eigenvalue weighted by atomic mass is 10.1. The number of benzene rings is 1. The molecule has 2 heterocycles. The van der Waals surface area contributed by atoms with E-state index in [9.17, 15) is 0 Å². The topological polar surface area (TPSA) is 28.2 Å². The molecule has 3 nitrogen and oxygen atoms in total. The van der Waals surface area contributed by atoms with Gasteiger partial charge in [0.05, 0.1) is 0 Å². The second-order valence-electron chi connectivity index (χ2n) is 6.03. The number of rotatable bonds is 5. The summed E-state index contributed by atoms with van der Waals surface area (Å²) in [5.74, 6) is 0.937. The van der Waals surface area contributed by atoms with E-state index in [0.29, 0.717) is 0 Å². The molecule has 116 valence electrons. The first kappa shape index (κ1) is 15.0. The number of nitrogens with zero attached hydrogens (tertiary/aromatic N) is 2. The molecular formula is C19H25N3. The quantitative estimate of drug-likeness (QED) is 0.901. The average Bonchev–Trinajstić information content (AvgIpc) is 2.84. The normalized spacial score (nSPS) is 16.2. The van der Waals surface area contributed by atoms with Gasteiger partial charge in [-0.3, -0.25) is 4.90 Å². The molecule has 0 atom stereocenters. The summed E-state index contributed by atoms with van der Waals surface area (Å²) in [6.07, 6.45) is 7.28. The van der Waals surface area contributed by atoms with Crippen LogP contribution in [0, 0.1) is 0 Å². The summed E-state index contributed by atoms with van der Waals surface area (Å²) in [7, 11) is 0. The standard InChI is InChI=1S/C19H25N3/c1-2-8-14-22(13-7-1)16-18-10-4-3-9-17(18)15-21-19-11-5-6-12-20-19/h3-6,9-12H,1-2,7-8,13-16H2,(H,20,21). The minimum Gasteiger partial charge on any atom is -0.366 e. The van der Waals surface area contributed by atoms with Crippen molar-refractivity contribution in [3.05, 3.63) is 59.8 Å². The van der Waals surface area contributed by atoms with Gasteiger partial charge in [0.25, 0.3) is 0 Å². The fourth-order valence-electron chi connectivity index (χ4n) is 3.07. The van der Waals surface area contributed by atoms with Crippen LogP contribution >= 0.6 is 0 Å². The van der Waals surface area contributed by atoms with Crippen molar-refractivity contribution in [2.45, 2.75) is 38.8 Å². The zero-order valence-electron chi connectivity index (χ0n) is 13.2. The van der Waals surface area contributed by atoms with Crippen molar-refractivity contribution < 1.29 is 0 Å². The molecule has 0 unspecified atom stereocenters. The lowest BCUT2D eigenvalue weighted by molar-refractivity contribution is 0.276. The molecule has 1 aromatic heterocycles. The van der Waals surface area contributed by atoms with E-state index >= 15 is 0 Å². The number of likely N-dealkylation sites (tertiary alicyclic amines) is 1. The van der Waals surface area contributed by atoms with Crippen LogP contribution in [0.5, 0.6) is 0 Å². The maximum absolute atomic E-state index is 4.33. The number of pyridine rings is 1. The van der Waals surface area contributed by atoms with Gasteiger partial charge in [0.15, 0.2) is 0 Å². The van der Waals surface area contributed by atoms with Crippen molar-refractivity contribution >= 4 is 5.82 Å². The molecule has 22 heavy (non-hydrogen) atoms. The van der Waals surface area contributed by atoms with E-state index in [1.807, 2.05) is 24.4 Å². The Morgan fingerprint density at radius 2 is 1.59 bits per heavy atom. The molecule has 0 radical (unpaired) electrons. The minimum absolute atomic E-state index is 0.834. The van der Waals surface area contributed by atoms with E-state index < -0.39 is 0 Å². The van der Waals surface area contributed by atoms with Crippen LogP contribution in [0.4, 0.5) is 5.82 Å². The molecule has 0 amide bonds. The molecule has 2 aromatic rings. The first-order valence-corrected chi connectivity index (χ1v) is 8.36. The highest BCUT2D eigenvalue weighted by Crippen LogP contribution is 2.17. The van der Waals surface area contributed by atoms with Gasteiger partial charge in [0, 0.05) is 19.3 Å². The maximum Gasteiger partial charge on any atom is 0.126 e. The summed E-state index contributed by atoms with van der Waals surface area (Å²) in [6.45, 7) is 4.38. The molecule has 1 N–H and O–H groups in total. The molecule has 1 aliphatic rings. The Kier molecular flexibility index (Phi) is 5.43. The second-order valence-corrected chi connectivity index (χ2v) is 6.03. The molecule has 1 aromatic carbocycles. The Morgan fingerprint density at radius 3 is 2.32 bits per heavy atom. The van der Waals surface area contributed by atoms with Crippen molar-refractivity contribution in [3.63, 3.8) is 0 Å². The smallest absolute Gasteiger partial charge is 0.126 e. The van der Waals surface area contributed by atoms with Crippen LogP contribution in [0.1, 0.15) is 36.8 Å². The van der Waals surface area contributed by atoms with Crippen LogP contribution in [0.25, 0.3) is 0 Å². The number of nitrogens with one attached hydrogen (secondary N) is 1. The predicted octanol–water partition coefficient (Wildman–Crippen LogP) is 4.07. The van der Waals surface area contributed by atoms with Crippen molar-refractivity contribution in [1.29, 1.82) is 0 Å². The van der Waals surface area contributed by atoms with Crippen molar-refractivity contribution in [2.24, 2.45) is 0 Å². The van der Waals surface area contributed by atoms with E-state index in [0.717, 1.165) is 18.9 Å². The summed E-state index contributed by atoms with van der Waals surface area (Å²) in [5.41, 5.74) is 2.81. The molecule has 1 aliphatic heterocycles. The Balaban J connectivity index is 1.64. The van der Waals surface area contributed by atoms with Gasteiger partial charge in [-0.05, 0) is 49.2 Å². The van der Waals surface area contributed by atoms with Crippen LogP contribution in [-0.2, 0) is 13.1 Å². The van der Waals surface area contributed by atoms with E-state index in [2.05, 4.69) is 39.5 Å². The maximum atomic E-state index is 4.33. The molecule has 3 heteroatoms. The highest BCUT2D eigenvalue weighted by molar-refractivity contribution is 5.36. The van der Waals surface area contributed by atoms with Crippen molar-refractivity contribution in [2.75, 3.05) is 18.4 Å². The van der Waals surface area contributed by atoms with Crippen LogP contribution in [0.3, 0.4) is 0 Å². The molecule has 1 saturated heterocycles. The van der Waals surface area contributed by atoms with E-state index in [1.165, 1.54) is 49.9 Å². The summed E-state index contributed by atoms with van der Waals surface area (Å²) in [6, 6.07) is 14.7. The van der Waals surface area contributed by atoms with Crippen LogP contribution in [0.2, 0.25) is 0 Å². The summed E-state index contributed by atoms with van der Waals surface area (Å²) in [4.78, 5) is 6.93. The van der Waals surface area contributed by atoms with Crippen molar-refractivity contribution in [1.82, 2.24) is 9.88 Å². The zero-order valence-corrected chi connectivity index (χ0v) is 13.2. The first-order chi connectivity index (χ1) is 10.9. The monoisotopic (exact) mass is 295 g/mol. The number of anilines is 1. The fourth-order valence-corrected chi connectivity index (χ4v) is 3.07. The second kappa shape index (κ2) is 7.95. The van der Waals surface area contributed by atoms with Gasteiger partial charge in [-0.2, -0.15) is 0 Å². The fraction of sp³-hybridized carbons (Fsp3) is 0.421. The van der Waals surface area contributed by atoms with Gasteiger partial charge in [-0.15, -0.1) is 0 Å². The van der Waals surface area contributed by atoms with Gasteiger partial charge in [-0.25, -0.2) is 4.98 Å². The van der Waals surface area contributed by atoms with E-state index in [1.54, 1.807) is 0 Å². The van der Waals surface area contributed by atoms with Crippen LogP contribution in [-0.4, -0.2) is 23.0 Å². The molecule has 3 rings (SSSR count). The lowest BCUT2D eigenvalue weighted by Gasteiger charge is -2.21. The summed E-state index contributed by atoms with van der Waals surface area (Å²) >= 11 is 0. The summed E-state index contributed by atoms with van der Waals surface area (Å²) in [5, 5.41) is 3.42. The predicted molar refractivity (Wildman–Crippen MR) is 91.8 cm³/mol. The Hall–Kier alpha value is -1.87. The number of hydrogen-bond acceptors (Lipinski definition) is 3. The van der Waals surface area contributed by atoms with E-state index in [4.69, 9.17) is 0 Å². The molecule has 0 aliphatic carbocycles. The lowest BCUT2D eigenvalue weighted by Crippen LogP contribution is -2.24. The first-order valence-electron chi connectivity index (χ1n) is 8.36. The molecule has 0 spiro atoms. The van der Waals surface area contributed by atoms with Crippen LogP contribution in [0.15, 0.2) is 48.7 Å². The van der Waals surface area contributed by atoms with Gasteiger partial charge >= 0.3 is 0 Å². The third-order valence-electron chi connectivity index (χ3n) is 4.34. The minimum atomic E-state index is 0.834. The molecule has 0 bridgehead atoms. The third kappa shape index (κ3) is 4.31. The third-order valence-corrected chi connectivity index (χ3v) is 4.34.